The van der Waals surface area contributed by atoms with Crippen molar-refractivity contribution >= 4 is 33.4 Å². The second kappa shape index (κ2) is 5.70. The lowest BCUT2D eigenvalue weighted by atomic mass is 10.2. The summed E-state index contributed by atoms with van der Waals surface area (Å²) in [6.45, 7) is 0. The van der Waals surface area contributed by atoms with E-state index >= 15 is 0 Å². The molecule has 5 heteroatoms. The van der Waals surface area contributed by atoms with Crippen LogP contribution in [0.1, 0.15) is 10.5 Å². The first-order valence-electron chi connectivity index (χ1n) is 7.56. The quantitative estimate of drug-likeness (QED) is 0.600. The molecular formula is C19H15N3O2. The number of rotatable bonds is 3. The topological polar surface area (TPSA) is 67.0 Å². The summed E-state index contributed by atoms with van der Waals surface area (Å²) in [7, 11) is 1.62. The van der Waals surface area contributed by atoms with E-state index < -0.39 is 0 Å². The molecule has 0 aliphatic rings. The number of pyridine rings is 1. The molecule has 1 amide bonds. The molecule has 24 heavy (non-hydrogen) atoms. The van der Waals surface area contributed by atoms with Crippen LogP contribution in [0.5, 0.6) is 5.75 Å². The van der Waals surface area contributed by atoms with Crippen molar-refractivity contribution in [3.05, 3.63) is 66.5 Å². The summed E-state index contributed by atoms with van der Waals surface area (Å²) in [5.74, 6) is 0.554. The van der Waals surface area contributed by atoms with Crippen molar-refractivity contribution in [3.8, 4) is 5.75 Å². The van der Waals surface area contributed by atoms with Gasteiger partial charge in [-0.2, -0.15) is 0 Å². The number of carbonyl (C=O) groups excluding carboxylic acids is 1. The van der Waals surface area contributed by atoms with Crippen LogP contribution >= 0.6 is 0 Å². The summed E-state index contributed by atoms with van der Waals surface area (Å²) < 4.78 is 5.21. The van der Waals surface area contributed by atoms with Gasteiger partial charge in [-0.3, -0.25) is 9.78 Å². The van der Waals surface area contributed by atoms with Gasteiger partial charge in [0.2, 0.25) is 0 Å². The van der Waals surface area contributed by atoms with Gasteiger partial charge in [0.05, 0.1) is 18.3 Å². The molecule has 0 aliphatic heterocycles. The molecule has 0 unspecified atom stereocenters. The predicted molar refractivity (Wildman–Crippen MR) is 94.5 cm³/mol. The zero-order valence-corrected chi connectivity index (χ0v) is 13.0. The molecule has 2 N–H and O–H groups in total. The molecule has 0 atom stereocenters. The number of amides is 1. The van der Waals surface area contributed by atoms with Crippen LogP contribution in [0.2, 0.25) is 0 Å². The molecular weight excluding hydrogens is 302 g/mol. The molecule has 4 aromatic rings. The highest BCUT2D eigenvalue weighted by Gasteiger charge is 2.12. The van der Waals surface area contributed by atoms with Gasteiger partial charge in [0.1, 0.15) is 11.4 Å². The second-order valence-electron chi connectivity index (χ2n) is 5.47. The largest absolute Gasteiger partial charge is 0.497 e. The van der Waals surface area contributed by atoms with Crippen molar-refractivity contribution in [1.82, 2.24) is 9.97 Å². The SMILES string of the molecule is COc1ccc2cc(C(=O)Nc3cccc4ncccc34)[nH]c2c1. The Morgan fingerprint density at radius 2 is 2.04 bits per heavy atom. The van der Waals surface area contributed by atoms with Crippen LogP contribution in [0.4, 0.5) is 5.69 Å². The second-order valence-corrected chi connectivity index (χ2v) is 5.47. The average molecular weight is 317 g/mol. The number of hydrogen-bond donors (Lipinski definition) is 2. The van der Waals surface area contributed by atoms with Gasteiger partial charge < -0.3 is 15.0 Å². The lowest BCUT2D eigenvalue weighted by Gasteiger charge is -2.07. The zero-order valence-electron chi connectivity index (χ0n) is 13.0. The van der Waals surface area contributed by atoms with Crippen molar-refractivity contribution in [2.45, 2.75) is 0 Å². The number of anilines is 1. The predicted octanol–water partition coefficient (Wildman–Crippen LogP) is 3.98. The molecule has 118 valence electrons. The molecule has 2 heterocycles. The molecule has 0 saturated carbocycles. The third-order valence-corrected chi connectivity index (χ3v) is 3.97. The summed E-state index contributed by atoms with van der Waals surface area (Å²) in [5, 5.41) is 4.82. The van der Waals surface area contributed by atoms with Gasteiger partial charge in [-0.25, -0.2) is 0 Å². The van der Waals surface area contributed by atoms with Crippen LogP contribution in [0.15, 0.2) is 60.8 Å². The van der Waals surface area contributed by atoms with Crippen molar-refractivity contribution in [1.29, 1.82) is 0 Å². The minimum Gasteiger partial charge on any atom is -0.497 e. The van der Waals surface area contributed by atoms with Crippen molar-refractivity contribution in [2.24, 2.45) is 0 Å². The van der Waals surface area contributed by atoms with E-state index in [0.717, 1.165) is 33.2 Å². The molecule has 4 rings (SSSR count). The Morgan fingerprint density at radius 1 is 1.12 bits per heavy atom. The third-order valence-electron chi connectivity index (χ3n) is 3.97. The Labute approximate surface area is 138 Å². The molecule has 0 radical (unpaired) electrons. The Balaban J connectivity index is 1.68. The van der Waals surface area contributed by atoms with Crippen molar-refractivity contribution in [3.63, 3.8) is 0 Å². The smallest absolute Gasteiger partial charge is 0.272 e. The molecule has 0 bridgehead atoms. The van der Waals surface area contributed by atoms with Crippen LogP contribution < -0.4 is 10.1 Å². The maximum absolute atomic E-state index is 12.6. The maximum Gasteiger partial charge on any atom is 0.272 e. The van der Waals surface area contributed by atoms with Crippen LogP contribution in [0.25, 0.3) is 21.8 Å². The standard InChI is InChI=1S/C19H15N3O2/c1-24-13-8-7-12-10-18(21-17(12)11-13)19(23)22-16-6-2-5-15-14(16)4-3-9-20-15/h2-11,21H,1H3,(H,22,23). The Bertz CT molecular complexity index is 1050. The van der Waals surface area contributed by atoms with E-state index in [9.17, 15) is 4.79 Å². The first-order valence-corrected chi connectivity index (χ1v) is 7.56. The van der Waals surface area contributed by atoms with E-state index in [1.54, 1.807) is 13.3 Å². The molecule has 2 aromatic carbocycles. The molecule has 0 saturated heterocycles. The highest BCUT2D eigenvalue weighted by Crippen LogP contribution is 2.24. The van der Waals surface area contributed by atoms with Gasteiger partial charge in [0.15, 0.2) is 0 Å². The number of aromatic nitrogens is 2. The number of fused-ring (bicyclic) bond motifs is 2. The Morgan fingerprint density at radius 3 is 2.92 bits per heavy atom. The van der Waals surface area contributed by atoms with Gasteiger partial charge in [0.25, 0.3) is 5.91 Å². The van der Waals surface area contributed by atoms with Crippen LogP contribution in [-0.4, -0.2) is 23.0 Å². The summed E-state index contributed by atoms with van der Waals surface area (Å²) in [6.07, 6.45) is 1.74. The fraction of sp³-hybridized carbons (Fsp3) is 0.0526. The summed E-state index contributed by atoms with van der Waals surface area (Å²) in [6, 6.07) is 16.9. The summed E-state index contributed by atoms with van der Waals surface area (Å²) >= 11 is 0. The minimum absolute atomic E-state index is 0.193. The van der Waals surface area contributed by atoms with E-state index in [1.807, 2.05) is 54.6 Å². The van der Waals surface area contributed by atoms with Gasteiger partial charge in [-0.15, -0.1) is 0 Å². The van der Waals surface area contributed by atoms with Gasteiger partial charge in [-0.1, -0.05) is 6.07 Å². The normalized spacial score (nSPS) is 10.9. The molecule has 0 fully saturated rings. The van der Waals surface area contributed by atoms with E-state index in [2.05, 4.69) is 15.3 Å². The molecule has 0 spiro atoms. The van der Waals surface area contributed by atoms with Gasteiger partial charge >= 0.3 is 0 Å². The van der Waals surface area contributed by atoms with Gasteiger partial charge in [0, 0.05) is 28.6 Å². The van der Waals surface area contributed by atoms with Crippen LogP contribution in [0, 0.1) is 0 Å². The summed E-state index contributed by atoms with van der Waals surface area (Å²) in [5.41, 5.74) is 2.94. The van der Waals surface area contributed by atoms with E-state index in [-0.39, 0.29) is 5.91 Å². The van der Waals surface area contributed by atoms with Gasteiger partial charge in [-0.05, 0) is 42.5 Å². The Kier molecular flexibility index (Phi) is 3.39. The lowest BCUT2D eigenvalue weighted by molar-refractivity contribution is 0.102. The monoisotopic (exact) mass is 317 g/mol. The zero-order chi connectivity index (χ0) is 16.5. The third kappa shape index (κ3) is 2.46. The number of carbonyl (C=O) groups is 1. The number of nitrogens with one attached hydrogen (secondary N) is 2. The molecule has 5 nitrogen and oxygen atoms in total. The first kappa shape index (κ1) is 14.3. The fourth-order valence-corrected chi connectivity index (χ4v) is 2.76. The number of aromatic amines is 1. The van der Waals surface area contributed by atoms with Crippen molar-refractivity contribution in [2.75, 3.05) is 12.4 Å². The number of hydrogen-bond acceptors (Lipinski definition) is 3. The van der Waals surface area contributed by atoms with E-state index in [1.165, 1.54) is 0 Å². The highest BCUT2D eigenvalue weighted by atomic mass is 16.5. The molecule has 0 aliphatic carbocycles. The van der Waals surface area contributed by atoms with Crippen LogP contribution in [-0.2, 0) is 0 Å². The van der Waals surface area contributed by atoms with Crippen molar-refractivity contribution < 1.29 is 9.53 Å². The number of ether oxygens (including phenoxy) is 1. The number of nitrogens with zero attached hydrogens (tertiary/aromatic N) is 1. The number of methoxy groups -OCH3 is 1. The maximum atomic E-state index is 12.6. The number of benzene rings is 2. The molecule has 2 aromatic heterocycles. The lowest BCUT2D eigenvalue weighted by Crippen LogP contribution is -2.12. The summed E-state index contributed by atoms with van der Waals surface area (Å²) in [4.78, 5) is 20.0. The Hall–Kier alpha value is -3.34. The van der Waals surface area contributed by atoms with E-state index in [4.69, 9.17) is 4.74 Å². The first-order chi connectivity index (χ1) is 11.7. The highest BCUT2D eigenvalue weighted by molar-refractivity contribution is 6.09. The van der Waals surface area contributed by atoms with Crippen LogP contribution in [0.3, 0.4) is 0 Å². The number of H-pyrrole nitrogens is 1. The fourth-order valence-electron chi connectivity index (χ4n) is 2.76. The minimum atomic E-state index is -0.193. The average Bonchev–Trinajstić information content (AvgIpc) is 3.05. The van der Waals surface area contributed by atoms with E-state index in [0.29, 0.717) is 5.69 Å².